The van der Waals surface area contributed by atoms with Crippen LogP contribution in [0.15, 0.2) is 54.9 Å². The fourth-order valence-electron chi connectivity index (χ4n) is 2.28. The first kappa shape index (κ1) is 18.2. The lowest BCUT2D eigenvalue weighted by molar-refractivity contribution is 0.0954. The summed E-state index contributed by atoms with van der Waals surface area (Å²) in [5.74, 6) is 0.488. The predicted octanol–water partition coefficient (Wildman–Crippen LogP) is 2.90. The van der Waals surface area contributed by atoms with E-state index in [1.807, 2.05) is 12.1 Å². The summed E-state index contributed by atoms with van der Waals surface area (Å²) in [5, 5.41) is 17.0. The molecule has 7 nitrogen and oxygen atoms in total. The molecule has 27 heavy (non-hydrogen) atoms. The summed E-state index contributed by atoms with van der Waals surface area (Å²) in [4.78, 5) is 15.9. The zero-order valence-electron chi connectivity index (χ0n) is 14.7. The van der Waals surface area contributed by atoms with Gasteiger partial charge < -0.3 is 16.0 Å². The molecule has 0 aliphatic carbocycles. The zero-order valence-corrected chi connectivity index (χ0v) is 14.7. The van der Waals surface area contributed by atoms with Crippen molar-refractivity contribution in [2.75, 3.05) is 23.7 Å². The summed E-state index contributed by atoms with van der Waals surface area (Å²) in [6.07, 6.45) is 3.37. The Morgan fingerprint density at radius 1 is 1.00 bits per heavy atom. The van der Waals surface area contributed by atoms with Crippen molar-refractivity contribution >= 4 is 23.2 Å². The van der Waals surface area contributed by atoms with Crippen molar-refractivity contribution in [2.24, 2.45) is 0 Å². The third-order valence-electron chi connectivity index (χ3n) is 3.77. The molecule has 0 saturated heterocycles. The Morgan fingerprint density at radius 3 is 2.44 bits per heavy atom. The third-order valence-corrected chi connectivity index (χ3v) is 3.77. The second-order valence-corrected chi connectivity index (χ2v) is 5.81. The minimum Gasteiger partial charge on any atom is -0.367 e. The molecule has 0 bridgehead atoms. The lowest BCUT2D eigenvalue weighted by atomic mass is 10.1. The van der Waals surface area contributed by atoms with Crippen LogP contribution in [0.3, 0.4) is 0 Å². The number of nitrogens with zero attached hydrogens (tertiary/aromatic N) is 3. The van der Waals surface area contributed by atoms with Gasteiger partial charge in [-0.25, -0.2) is 4.39 Å². The number of hydrogen-bond acceptors (Lipinski definition) is 6. The number of hydrogen-bond donors (Lipinski definition) is 3. The van der Waals surface area contributed by atoms with E-state index in [-0.39, 0.29) is 5.91 Å². The first-order valence-electron chi connectivity index (χ1n) is 8.41. The van der Waals surface area contributed by atoms with E-state index in [0.717, 1.165) is 5.69 Å². The Hall–Kier alpha value is -3.55. The van der Waals surface area contributed by atoms with Gasteiger partial charge in [0.2, 0.25) is 0 Å². The van der Waals surface area contributed by atoms with Crippen molar-refractivity contribution in [2.45, 2.75) is 6.92 Å². The highest BCUT2D eigenvalue weighted by molar-refractivity contribution is 5.94. The number of aryl methyl sites for hydroxylation is 1. The molecule has 0 aliphatic heterocycles. The minimum atomic E-state index is -0.392. The number of rotatable bonds is 7. The summed E-state index contributed by atoms with van der Waals surface area (Å²) < 4.78 is 13.5. The fourth-order valence-corrected chi connectivity index (χ4v) is 2.28. The predicted molar refractivity (Wildman–Crippen MR) is 102 cm³/mol. The van der Waals surface area contributed by atoms with Crippen LogP contribution in [-0.2, 0) is 0 Å². The SMILES string of the molecule is Cc1ccc(C(=O)NCCNc2ccc(Nc3ccncc3)nn2)cc1F. The average molecular weight is 366 g/mol. The van der Waals surface area contributed by atoms with Gasteiger partial charge in [-0.15, -0.1) is 10.2 Å². The molecule has 1 aromatic carbocycles. The van der Waals surface area contributed by atoms with Gasteiger partial charge in [-0.3, -0.25) is 9.78 Å². The molecule has 2 aromatic heterocycles. The molecule has 3 N–H and O–H groups in total. The number of halogens is 1. The van der Waals surface area contributed by atoms with Crippen molar-refractivity contribution in [3.63, 3.8) is 0 Å². The van der Waals surface area contributed by atoms with E-state index in [1.165, 1.54) is 6.07 Å². The van der Waals surface area contributed by atoms with Gasteiger partial charge in [0.15, 0.2) is 5.82 Å². The third kappa shape index (κ3) is 5.21. The standard InChI is InChI=1S/C19H19FN6O/c1-13-2-3-14(12-16(13)20)19(27)23-11-10-22-17-4-5-18(26-25-17)24-15-6-8-21-9-7-15/h2-9,12H,10-11H2,1H3,(H,22,25)(H,23,27)(H,21,24,26). The molecule has 138 valence electrons. The largest absolute Gasteiger partial charge is 0.367 e. The van der Waals surface area contributed by atoms with Gasteiger partial charge in [-0.2, -0.15) is 0 Å². The van der Waals surface area contributed by atoms with Crippen LogP contribution in [0.4, 0.5) is 21.7 Å². The van der Waals surface area contributed by atoms with Crippen molar-refractivity contribution in [3.05, 3.63) is 71.8 Å². The van der Waals surface area contributed by atoms with E-state index < -0.39 is 5.82 Å². The number of carbonyl (C=O) groups excluding carboxylic acids is 1. The first-order chi connectivity index (χ1) is 13.1. The average Bonchev–Trinajstić information content (AvgIpc) is 2.69. The normalized spacial score (nSPS) is 10.3. The van der Waals surface area contributed by atoms with E-state index in [1.54, 1.807) is 43.6 Å². The van der Waals surface area contributed by atoms with Crippen LogP contribution in [-0.4, -0.2) is 34.2 Å². The van der Waals surface area contributed by atoms with Crippen molar-refractivity contribution < 1.29 is 9.18 Å². The Balaban J connectivity index is 1.43. The maximum atomic E-state index is 13.5. The second-order valence-electron chi connectivity index (χ2n) is 5.81. The van der Waals surface area contributed by atoms with Gasteiger partial charge in [0.25, 0.3) is 5.91 Å². The molecular formula is C19H19FN6O. The Kier molecular flexibility index (Phi) is 5.88. The molecule has 3 rings (SSSR count). The summed E-state index contributed by atoms with van der Waals surface area (Å²) in [5.41, 5.74) is 1.67. The number of pyridine rings is 1. The summed E-state index contributed by atoms with van der Waals surface area (Å²) in [7, 11) is 0. The van der Waals surface area contributed by atoms with Crippen LogP contribution >= 0.6 is 0 Å². The van der Waals surface area contributed by atoms with E-state index in [2.05, 4.69) is 31.1 Å². The van der Waals surface area contributed by atoms with Crippen molar-refractivity contribution in [3.8, 4) is 0 Å². The van der Waals surface area contributed by atoms with Gasteiger partial charge in [0.05, 0.1) is 0 Å². The van der Waals surface area contributed by atoms with Gasteiger partial charge in [-0.1, -0.05) is 6.07 Å². The molecule has 0 spiro atoms. The Bertz CT molecular complexity index is 902. The molecule has 1 amide bonds. The topological polar surface area (TPSA) is 91.8 Å². The number of anilines is 3. The quantitative estimate of drug-likeness (QED) is 0.557. The fraction of sp³-hybridized carbons (Fsp3) is 0.158. The van der Waals surface area contributed by atoms with Crippen LogP contribution in [0.2, 0.25) is 0 Å². The number of benzene rings is 1. The lowest BCUT2D eigenvalue weighted by Gasteiger charge is -2.09. The van der Waals surface area contributed by atoms with Crippen LogP contribution < -0.4 is 16.0 Å². The molecule has 0 fully saturated rings. The number of amides is 1. The molecular weight excluding hydrogens is 347 g/mol. The molecule has 0 saturated carbocycles. The summed E-state index contributed by atoms with van der Waals surface area (Å²) in [6, 6.07) is 11.7. The van der Waals surface area contributed by atoms with E-state index >= 15 is 0 Å². The Morgan fingerprint density at radius 2 is 1.74 bits per heavy atom. The second kappa shape index (κ2) is 8.70. The highest BCUT2D eigenvalue weighted by atomic mass is 19.1. The molecule has 0 aliphatic rings. The van der Waals surface area contributed by atoms with Crippen LogP contribution in [0.5, 0.6) is 0 Å². The molecule has 0 unspecified atom stereocenters. The lowest BCUT2D eigenvalue weighted by Crippen LogP contribution is -2.29. The van der Waals surface area contributed by atoms with Crippen LogP contribution in [0, 0.1) is 12.7 Å². The highest BCUT2D eigenvalue weighted by Crippen LogP contribution is 2.13. The summed E-state index contributed by atoms with van der Waals surface area (Å²) in [6.45, 7) is 2.48. The van der Waals surface area contributed by atoms with Crippen LogP contribution in [0.1, 0.15) is 15.9 Å². The molecule has 2 heterocycles. The van der Waals surface area contributed by atoms with Crippen molar-refractivity contribution in [1.82, 2.24) is 20.5 Å². The number of nitrogens with one attached hydrogen (secondary N) is 3. The highest BCUT2D eigenvalue weighted by Gasteiger charge is 2.07. The van der Waals surface area contributed by atoms with E-state index in [4.69, 9.17) is 0 Å². The van der Waals surface area contributed by atoms with E-state index in [9.17, 15) is 9.18 Å². The molecule has 0 radical (unpaired) electrons. The monoisotopic (exact) mass is 366 g/mol. The molecule has 3 aromatic rings. The van der Waals surface area contributed by atoms with Gasteiger partial charge in [-0.05, 0) is 48.9 Å². The minimum absolute atomic E-state index is 0.296. The maximum Gasteiger partial charge on any atom is 0.251 e. The van der Waals surface area contributed by atoms with Crippen molar-refractivity contribution in [1.29, 1.82) is 0 Å². The van der Waals surface area contributed by atoms with Gasteiger partial charge in [0.1, 0.15) is 11.6 Å². The maximum absolute atomic E-state index is 13.5. The number of aromatic nitrogens is 3. The number of carbonyl (C=O) groups is 1. The van der Waals surface area contributed by atoms with Gasteiger partial charge in [0, 0.05) is 36.7 Å². The smallest absolute Gasteiger partial charge is 0.251 e. The zero-order chi connectivity index (χ0) is 19.1. The molecule has 0 atom stereocenters. The van der Waals surface area contributed by atoms with Crippen LogP contribution in [0.25, 0.3) is 0 Å². The first-order valence-corrected chi connectivity index (χ1v) is 8.41. The summed E-state index contributed by atoms with van der Waals surface area (Å²) >= 11 is 0. The molecule has 8 heteroatoms. The van der Waals surface area contributed by atoms with E-state index in [0.29, 0.717) is 35.9 Å². The Labute approximate surface area is 156 Å². The van der Waals surface area contributed by atoms with Gasteiger partial charge >= 0.3 is 0 Å².